The molecular weight excluding hydrogens is 396 g/mol. The van der Waals surface area contributed by atoms with E-state index in [2.05, 4.69) is 16.0 Å². The van der Waals surface area contributed by atoms with Gasteiger partial charge >= 0.3 is 11.9 Å². The second-order valence-corrected chi connectivity index (χ2v) is 8.15. The van der Waals surface area contributed by atoms with Crippen LogP contribution in [0.15, 0.2) is 0 Å². The van der Waals surface area contributed by atoms with Crippen molar-refractivity contribution in [1.29, 1.82) is 0 Å². The maximum absolute atomic E-state index is 12.6. The molecule has 0 fully saturated rings. The zero-order valence-corrected chi connectivity index (χ0v) is 18.1. The van der Waals surface area contributed by atoms with E-state index >= 15 is 0 Å². The van der Waals surface area contributed by atoms with Crippen LogP contribution < -0.4 is 21.7 Å². The van der Waals surface area contributed by atoms with Gasteiger partial charge in [-0.3, -0.25) is 19.2 Å². The Kier molecular flexibility index (Phi) is 11.6. The van der Waals surface area contributed by atoms with Gasteiger partial charge in [0.05, 0.1) is 12.5 Å². The quantitative estimate of drug-likeness (QED) is 0.224. The standard InChI is InChI=1S/C19H34N4O7/c1-9(2)6-13(18(28)23-14(19(29)30)7-10(3)4)22-16(26)11(5)21-17(27)12(20)8-15(24)25/h9-14H,6-8,20H2,1-5H3,(H,21,27)(H,22,26)(H,23,28)(H,24,25)(H,29,30). The van der Waals surface area contributed by atoms with E-state index in [0.29, 0.717) is 0 Å². The molecule has 0 aromatic carbocycles. The van der Waals surface area contributed by atoms with Crippen molar-refractivity contribution in [3.63, 3.8) is 0 Å². The predicted octanol–water partition coefficient (Wildman–Crippen LogP) is -0.560. The molecule has 0 aromatic rings. The van der Waals surface area contributed by atoms with Gasteiger partial charge in [0, 0.05) is 0 Å². The van der Waals surface area contributed by atoms with Gasteiger partial charge in [-0.05, 0) is 31.6 Å². The largest absolute Gasteiger partial charge is 0.481 e. The van der Waals surface area contributed by atoms with E-state index in [1.807, 2.05) is 27.7 Å². The highest BCUT2D eigenvalue weighted by Gasteiger charge is 2.29. The summed E-state index contributed by atoms with van der Waals surface area (Å²) in [6.07, 6.45) is -0.104. The summed E-state index contributed by atoms with van der Waals surface area (Å²) in [5.41, 5.74) is 5.46. The monoisotopic (exact) mass is 430 g/mol. The van der Waals surface area contributed by atoms with Crippen molar-refractivity contribution in [2.75, 3.05) is 0 Å². The molecule has 0 heterocycles. The molecule has 11 nitrogen and oxygen atoms in total. The molecule has 4 unspecified atom stereocenters. The first-order valence-electron chi connectivity index (χ1n) is 9.85. The van der Waals surface area contributed by atoms with Gasteiger partial charge in [-0.25, -0.2) is 4.79 Å². The van der Waals surface area contributed by atoms with Crippen LogP contribution in [-0.2, 0) is 24.0 Å². The Labute approximate surface area is 176 Å². The molecule has 0 bridgehead atoms. The normalized spacial score (nSPS) is 15.1. The topological polar surface area (TPSA) is 188 Å². The highest BCUT2D eigenvalue weighted by atomic mass is 16.4. The lowest BCUT2D eigenvalue weighted by Gasteiger charge is -2.25. The first-order chi connectivity index (χ1) is 13.7. The van der Waals surface area contributed by atoms with Crippen molar-refractivity contribution in [2.45, 2.75) is 78.0 Å². The summed E-state index contributed by atoms with van der Waals surface area (Å²) in [7, 11) is 0. The lowest BCUT2D eigenvalue weighted by molar-refractivity contribution is -0.143. The van der Waals surface area contributed by atoms with Crippen LogP contribution in [0.4, 0.5) is 0 Å². The van der Waals surface area contributed by atoms with Gasteiger partial charge < -0.3 is 31.9 Å². The molecule has 0 aromatic heterocycles. The Morgan fingerprint density at radius 1 is 0.733 bits per heavy atom. The van der Waals surface area contributed by atoms with Crippen LogP contribution in [0.3, 0.4) is 0 Å². The third kappa shape index (κ3) is 10.7. The zero-order valence-electron chi connectivity index (χ0n) is 18.1. The number of carbonyl (C=O) groups excluding carboxylic acids is 3. The van der Waals surface area contributed by atoms with Crippen LogP contribution >= 0.6 is 0 Å². The van der Waals surface area contributed by atoms with Crippen LogP contribution in [0.1, 0.15) is 53.9 Å². The Balaban J connectivity index is 5.11. The molecule has 0 aliphatic carbocycles. The first kappa shape index (κ1) is 27.3. The summed E-state index contributed by atoms with van der Waals surface area (Å²) in [6, 6.07) is -4.49. The number of carboxylic acid groups (broad SMARTS) is 2. The maximum Gasteiger partial charge on any atom is 0.326 e. The number of aliphatic carboxylic acids is 2. The molecular formula is C19H34N4O7. The second-order valence-electron chi connectivity index (χ2n) is 8.15. The maximum atomic E-state index is 12.6. The van der Waals surface area contributed by atoms with Crippen LogP contribution in [0.25, 0.3) is 0 Å². The van der Waals surface area contributed by atoms with E-state index < -0.39 is 60.2 Å². The van der Waals surface area contributed by atoms with E-state index in [-0.39, 0.29) is 24.7 Å². The number of hydrogen-bond donors (Lipinski definition) is 6. The van der Waals surface area contributed by atoms with Crippen molar-refractivity contribution in [3.05, 3.63) is 0 Å². The zero-order chi connectivity index (χ0) is 23.6. The average molecular weight is 431 g/mol. The summed E-state index contributed by atoms with van der Waals surface area (Å²) in [4.78, 5) is 59.0. The van der Waals surface area contributed by atoms with E-state index in [4.69, 9.17) is 10.8 Å². The number of rotatable bonds is 13. The third-order valence-corrected chi connectivity index (χ3v) is 4.15. The number of nitrogens with two attached hydrogens (primary N) is 1. The first-order valence-corrected chi connectivity index (χ1v) is 9.85. The van der Waals surface area contributed by atoms with Crippen LogP contribution in [0.2, 0.25) is 0 Å². The lowest BCUT2D eigenvalue weighted by atomic mass is 10.0. The van der Waals surface area contributed by atoms with E-state index in [9.17, 15) is 29.1 Å². The molecule has 4 atom stereocenters. The van der Waals surface area contributed by atoms with Crippen LogP contribution in [0.5, 0.6) is 0 Å². The average Bonchev–Trinajstić information content (AvgIpc) is 2.58. The van der Waals surface area contributed by atoms with Gasteiger partial charge in [0.15, 0.2) is 0 Å². The fourth-order valence-electron chi connectivity index (χ4n) is 2.63. The number of carboxylic acids is 2. The van der Waals surface area contributed by atoms with E-state index in [0.717, 1.165) is 0 Å². The van der Waals surface area contributed by atoms with Crippen molar-refractivity contribution < 1.29 is 34.2 Å². The van der Waals surface area contributed by atoms with Crippen LogP contribution in [-0.4, -0.2) is 64.0 Å². The summed E-state index contributed by atoms with van der Waals surface area (Å²) < 4.78 is 0. The number of amides is 3. The summed E-state index contributed by atoms with van der Waals surface area (Å²) >= 11 is 0. The molecule has 0 saturated carbocycles. The lowest BCUT2D eigenvalue weighted by Crippen LogP contribution is -2.56. The fraction of sp³-hybridized carbons (Fsp3) is 0.737. The Morgan fingerprint density at radius 3 is 1.63 bits per heavy atom. The second kappa shape index (κ2) is 12.8. The molecule has 0 aliphatic rings. The van der Waals surface area contributed by atoms with Crippen molar-refractivity contribution in [2.24, 2.45) is 17.6 Å². The third-order valence-electron chi connectivity index (χ3n) is 4.15. The molecule has 30 heavy (non-hydrogen) atoms. The predicted molar refractivity (Wildman–Crippen MR) is 108 cm³/mol. The molecule has 0 rings (SSSR count). The van der Waals surface area contributed by atoms with E-state index in [1.165, 1.54) is 6.92 Å². The Morgan fingerprint density at radius 2 is 1.20 bits per heavy atom. The van der Waals surface area contributed by atoms with Gasteiger partial charge in [-0.2, -0.15) is 0 Å². The van der Waals surface area contributed by atoms with E-state index in [1.54, 1.807) is 0 Å². The molecule has 3 amide bonds. The summed E-state index contributed by atoms with van der Waals surface area (Å²) in [5, 5.41) is 25.3. The highest BCUT2D eigenvalue weighted by Crippen LogP contribution is 2.09. The highest BCUT2D eigenvalue weighted by molar-refractivity contribution is 5.94. The molecule has 172 valence electrons. The van der Waals surface area contributed by atoms with Crippen molar-refractivity contribution in [3.8, 4) is 0 Å². The SMILES string of the molecule is CC(C)CC(NC(=O)C(CC(C)C)NC(=O)C(C)NC(=O)C(N)CC(=O)O)C(=O)O. The number of carbonyl (C=O) groups is 5. The minimum absolute atomic E-state index is 0.0170. The minimum atomic E-state index is -1.32. The molecule has 0 radical (unpaired) electrons. The Hall–Kier alpha value is -2.69. The molecule has 0 aliphatic heterocycles. The fourth-order valence-corrected chi connectivity index (χ4v) is 2.63. The Bertz CT molecular complexity index is 636. The molecule has 0 spiro atoms. The molecule has 11 heteroatoms. The smallest absolute Gasteiger partial charge is 0.326 e. The summed E-state index contributed by atoms with van der Waals surface area (Å²) in [6.45, 7) is 8.70. The van der Waals surface area contributed by atoms with Crippen molar-refractivity contribution >= 4 is 29.7 Å². The van der Waals surface area contributed by atoms with Gasteiger partial charge in [0.1, 0.15) is 18.1 Å². The van der Waals surface area contributed by atoms with Gasteiger partial charge in [0.2, 0.25) is 17.7 Å². The van der Waals surface area contributed by atoms with Gasteiger partial charge in [-0.1, -0.05) is 27.7 Å². The van der Waals surface area contributed by atoms with Crippen molar-refractivity contribution in [1.82, 2.24) is 16.0 Å². The van der Waals surface area contributed by atoms with Gasteiger partial charge in [0.25, 0.3) is 0 Å². The molecule has 7 N–H and O–H groups in total. The minimum Gasteiger partial charge on any atom is -0.481 e. The van der Waals surface area contributed by atoms with Gasteiger partial charge in [-0.15, -0.1) is 0 Å². The summed E-state index contributed by atoms with van der Waals surface area (Å²) in [5.74, 6) is -4.49. The van der Waals surface area contributed by atoms with Crippen LogP contribution in [0, 0.1) is 11.8 Å². The molecule has 0 saturated heterocycles. The number of hydrogen-bond acceptors (Lipinski definition) is 6. The number of nitrogens with one attached hydrogen (secondary N) is 3.